The Morgan fingerprint density at radius 2 is 1.80 bits per heavy atom. The number of hydrogen-bond acceptors (Lipinski definition) is 6. The molecule has 1 aromatic heterocycles. The van der Waals surface area contributed by atoms with Crippen LogP contribution in [0.2, 0.25) is 0 Å². The topological polar surface area (TPSA) is 66.2 Å². The van der Waals surface area contributed by atoms with Crippen LogP contribution in [-0.4, -0.2) is 40.2 Å². The number of benzene rings is 2. The second kappa shape index (κ2) is 9.66. The molecule has 0 aliphatic rings. The molecule has 0 aliphatic carbocycles. The van der Waals surface area contributed by atoms with Crippen molar-refractivity contribution < 1.29 is 27.4 Å². The van der Waals surface area contributed by atoms with Crippen LogP contribution in [0.15, 0.2) is 59.6 Å². The van der Waals surface area contributed by atoms with Crippen molar-refractivity contribution >= 4 is 17.7 Å². The van der Waals surface area contributed by atoms with E-state index < -0.39 is 11.5 Å². The Labute approximate surface area is 175 Å². The van der Waals surface area contributed by atoms with Crippen molar-refractivity contribution in [3.63, 3.8) is 0 Å². The lowest BCUT2D eigenvalue weighted by atomic mass is 10.2. The molecule has 0 saturated heterocycles. The van der Waals surface area contributed by atoms with E-state index in [1.54, 1.807) is 54.6 Å². The molecule has 0 fully saturated rings. The van der Waals surface area contributed by atoms with E-state index in [4.69, 9.17) is 9.47 Å². The average molecular weight is 437 g/mol. The zero-order valence-corrected chi connectivity index (χ0v) is 16.7. The Balaban J connectivity index is 1.71. The first-order chi connectivity index (χ1) is 14.4. The molecule has 0 aliphatic heterocycles. The van der Waals surface area contributed by atoms with Crippen molar-refractivity contribution in [3.8, 4) is 5.75 Å². The first kappa shape index (κ1) is 21.7. The lowest BCUT2D eigenvalue weighted by molar-refractivity contribution is -0.0331. The maximum absolute atomic E-state index is 13.1. The summed E-state index contributed by atoms with van der Waals surface area (Å²) in [6.45, 7) is -0.000412. The number of carbonyl (C=O) groups is 1. The Morgan fingerprint density at radius 1 is 1.10 bits per heavy atom. The summed E-state index contributed by atoms with van der Waals surface area (Å²) in [6, 6.07) is 15.3. The third-order valence-electron chi connectivity index (χ3n) is 4.04. The summed E-state index contributed by atoms with van der Waals surface area (Å²) in [6.07, 6.45) is 0.0135. The van der Waals surface area contributed by atoms with Crippen LogP contribution in [0.1, 0.15) is 21.6 Å². The van der Waals surface area contributed by atoms with Crippen molar-refractivity contribution in [2.75, 3.05) is 13.7 Å². The van der Waals surface area contributed by atoms with Crippen molar-refractivity contribution in [3.05, 3.63) is 71.4 Å². The number of halogens is 3. The van der Waals surface area contributed by atoms with E-state index in [0.717, 1.165) is 5.56 Å². The van der Waals surface area contributed by atoms with Gasteiger partial charge < -0.3 is 9.47 Å². The Hall–Kier alpha value is -3.01. The fourth-order valence-electron chi connectivity index (χ4n) is 2.62. The lowest BCUT2D eigenvalue weighted by Crippen LogP contribution is -2.11. The number of aromatic nitrogens is 3. The molecule has 158 valence electrons. The molecular weight excluding hydrogens is 419 g/mol. The molecule has 0 radical (unpaired) electrons. The van der Waals surface area contributed by atoms with Crippen molar-refractivity contribution in [1.29, 1.82) is 0 Å². The molecular formula is C20H18F3N3O3S. The van der Waals surface area contributed by atoms with Gasteiger partial charge in [0, 0.05) is 18.2 Å². The quantitative estimate of drug-likeness (QED) is 0.386. The van der Waals surface area contributed by atoms with Gasteiger partial charge in [0.25, 0.3) is 0 Å². The maximum Gasteiger partial charge on any atom is 0.447 e. The third kappa shape index (κ3) is 5.99. The SMILES string of the molecule is COc1ccc(Cn2nnc(CCOC(=O)c3ccccc3)c2SC(F)(F)F)cc1. The van der Waals surface area contributed by atoms with Gasteiger partial charge in [-0.2, -0.15) is 13.2 Å². The number of ether oxygens (including phenoxy) is 2. The van der Waals surface area contributed by atoms with Gasteiger partial charge in [-0.3, -0.25) is 0 Å². The molecule has 30 heavy (non-hydrogen) atoms. The normalized spacial score (nSPS) is 11.3. The van der Waals surface area contributed by atoms with Crippen molar-refractivity contribution in [1.82, 2.24) is 15.0 Å². The van der Waals surface area contributed by atoms with E-state index in [-0.39, 0.29) is 42.1 Å². The number of thioether (sulfide) groups is 1. The van der Waals surface area contributed by atoms with Gasteiger partial charge >= 0.3 is 11.5 Å². The van der Waals surface area contributed by atoms with E-state index >= 15 is 0 Å². The van der Waals surface area contributed by atoms with Gasteiger partial charge in [0.1, 0.15) is 16.5 Å². The van der Waals surface area contributed by atoms with Crippen molar-refractivity contribution in [2.24, 2.45) is 0 Å². The van der Waals surface area contributed by atoms with Gasteiger partial charge in [-0.05, 0) is 29.8 Å². The molecule has 0 saturated carbocycles. The minimum absolute atomic E-state index is 0.0135. The molecule has 6 nitrogen and oxygen atoms in total. The molecule has 0 unspecified atom stereocenters. The first-order valence-corrected chi connectivity index (χ1v) is 9.70. The van der Waals surface area contributed by atoms with Gasteiger partial charge in [0.15, 0.2) is 0 Å². The van der Waals surface area contributed by atoms with E-state index in [1.165, 1.54) is 11.8 Å². The molecule has 0 N–H and O–H groups in total. The second-order valence-electron chi connectivity index (χ2n) is 6.15. The lowest BCUT2D eigenvalue weighted by Gasteiger charge is -2.10. The summed E-state index contributed by atoms with van der Waals surface area (Å²) in [5.41, 5.74) is -3.28. The highest BCUT2D eigenvalue weighted by molar-refractivity contribution is 8.00. The van der Waals surface area contributed by atoms with Crippen LogP contribution in [0.3, 0.4) is 0 Å². The number of methoxy groups -OCH3 is 1. The number of hydrogen-bond donors (Lipinski definition) is 0. The highest BCUT2D eigenvalue weighted by Crippen LogP contribution is 2.38. The Morgan fingerprint density at radius 3 is 2.43 bits per heavy atom. The fraction of sp³-hybridized carbons (Fsp3) is 0.250. The van der Waals surface area contributed by atoms with Crippen LogP contribution in [0.5, 0.6) is 5.75 Å². The number of nitrogens with zero attached hydrogens (tertiary/aromatic N) is 3. The highest BCUT2D eigenvalue weighted by atomic mass is 32.2. The van der Waals surface area contributed by atoms with Crippen LogP contribution in [0, 0.1) is 0 Å². The summed E-state index contributed by atoms with van der Waals surface area (Å²) >= 11 is -0.284. The molecule has 1 heterocycles. The molecule has 0 spiro atoms. The van der Waals surface area contributed by atoms with Crippen LogP contribution in [0.4, 0.5) is 13.2 Å². The molecule has 0 atom stereocenters. The number of esters is 1. The summed E-state index contributed by atoms with van der Waals surface area (Å²) in [7, 11) is 1.53. The predicted octanol–water partition coefficient (Wildman–Crippen LogP) is 4.35. The van der Waals surface area contributed by atoms with Crippen molar-refractivity contribution in [2.45, 2.75) is 23.5 Å². The Kier molecular flexibility index (Phi) is 6.99. The fourth-order valence-corrected chi connectivity index (χ4v) is 3.31. The maximum atomic E-state index is 13.1. The standard InChI is InChI=1S/C20H18F3N3O3S/c1-28-16-9-7-14(8-10-16)13-26-18(30-20(21,22)23)17(24-25-26)11-12-29-19(27)15-5-3-2-4-6-15/h2-10H,11-13H2,1H3. The van der Waals surface area contributed by atoms with Crippen LogP contribution < -0.4 is 4.74 Å². The smallest absolute Gasteiger partial charge is 0.447 e. The molecule has 0 bridgehead atoms. The summed E-state index contributed by atoms with van der Waals surface area (Å²) < 4.78 is 50.7. The molecule has 2 aromatic carbocycles. The zero-order chi connectivity index (χ0) is 21.6. The summed E-state index contributed by atoms with van der Waals surface area (Å²) in [4.78, 5) is 12.0. The van der Waals surface area contributed by atoms with Gasteiger partial charge in [-0.15, -0.1) is 5.10 Å². The molecule has 3 rings (SSSR count). The van der Waals surface area contributed by atoms with E-state index in [9.17, 15) is 18.0 Å². The number of rotatable bonds is 8. The zero-order valence-electron chi connectivity index (χ0n) is 15.9. The second-order valence-corrected chi connectivity index (χ2v) is 7.20. The van der Waals surface area contributed by atoms with Crippen LogP contribution >= 0.6 is 11.8 Å². The van der Waals surface area contributed by atoms with Crippen LogP contribution in [0.25, 0.3) is 0 Å². The van der Waals surface area contributed by atoms with Gasteiger partial charge in [0.2, 0.25) is 0 Å². The minimum atomic E-state index is -4.51. The largest absolute Gasteiger partial charge is 0.497 e. The third-order valence-corrected chi connectivity index (χ3v) is 4.91. The Bertz CT molecular complexity index is 976. The molecule has 3 aromatic rings. The molecule has 10 heteroatoms. The van der Waals surface area contributed by atoms with E-state index in [1.807, 2.05) is 0 Å². The van der Waals surface area contributed by atoms with E-state index in [0.29, 0.717) is 11.3 Å². The van der Waals surface area contributed by atoms with Gasteiger partial charge in [-0.25, -0.2) is 9.48 Å². The highest BCUT2D eigenvalue weighted by Gasteiger charge is 2.33. The molecule has 0 amide bonds. The van der Waals surface area contributed by atoms with E-state index in [2.05, 4.69) is 10.3 Å². The predicted molar refractivity (Wildman–Crippen MR) is 104 cm³/mol. The monoisotopic (exact) mass is 437 g/mol. The summed E-state index contributed by atoms with van der Waals surface area (Å²) in [5, 5.41) is 7.61. The number of alkyl halides is 3. The van der Waals surface area contributed by atoms with Gasteiger partial charge in [-0.1, -0.05) is 35.5 Å². The minimum Gasteiger partial charge on any atom is -0.497 e. The first-order valence-electron chi connectivity index (χ1n) is 8.89. The summed E-state index contributed by atoms with van der Waals surface area (Å²) in [5.74, 6) is 0.0920. The average Bonchev–Trinajstić information content (AvgIpc) is 3.09. The van der Waals surface area contributed by atoms with Crippen LogP contribution in [-0.2, 0) is 17.7 Å². The number of carbonyl (C=O) groups excluding carboxylic acids is 1. The van der Waals surface area contributed by atoms with Gasteiger partial charge in [0.05, 0.1) is 25.8 Å².